The van der Waals surface area contributed by atoms with Crippen molar-refractivity contribution in [3.8, 4) is 6.07 Å². The van der Waals surface area contributed by atoms with E-state index in [9.17, 15) is 4.79 Å². The number of nitriles is 1. The van der Waals surface area contributed by atoms with Gasteiger partial charge in [0.25, 0.3) is 0 Å². The van der Waals surface area contributed by atoms with Crippen LogP contribution < -0.4 is 10.7 Å². The molecule has 1 amide bonds. The van der Waals surface area contributed by atoms with Gasteiger partial charge in [-0.3, -0.25) is 5.43 Å². The van der Waals surface area contributed by atoms with Crippen molar-refractivity contribution < 1.29 is 9.53 Å². The van der Waals surface area contributed by atoms with E-state index < -0.39 is 0 Å². The zero-order valence-corrected chi connectivity index (χ0v) is 11.0. The number of alkyl carbamates (subject to hydrolysis) is 1. The number of hydrogen-bond acceptors (Lipinski definition) is 5. The topological polar surface area (TPSA) is 86.5 Å². The van der Waals surface area contributed by atoms with Gasteiger partial charge >= 0.3 is 6.09 Å². The highest BCUT2D eigenvalue weighted by Gasteiger charge is 2.21. The molecule has 1 heterocycles. The number of nitrogens with one attached hydrogen (secondary N) is 2. The smallest absolute Gasteiger partial charge is 0.407 e. The Bertz CT molecular complexity index is 519. The van der Waals surface area contributed by atoms with Gasteiger partial charge in [0.15, 0.2) is 0 Å². The molecule has 0 spiro atoms. The Hall–Kier alpha value is -2.55. The summed E-state index contributed by atoms with van der Waals surface area (Å²) in [5.74, 6) is 0. The normalized spacial score (nSPS) is 17.6. The molecule has 1 aliphatic rings. The van der Waals surface area contributed by atoms with Gasteiger partial charge < -0.3 is 10.1 Å². The van der Waals surface area contributed by atoms with Crippen molar-refractivity contribution in [3.05, 3.63) is 29.8 Å². The number of rotatable bonds is 6. The molecule has 0 saturated carbocycles. The van der Waals surface area contributed by atoms with Crippen LogP contribution in [0.4, 0.5) is 10.5 Å². The minimum Gasteiger partial charge on any atom is -0.447 e. The first-order valence-electron chi connectivity index (χ1n) is 6.44. The number of nitrogens with zero attached hydrogens (tertiary/aromatic N) is 2. The molecule has 1 aromatic rings. The number of amides is 1. The van der Waals surface area contributed by atoms with Crippen molar-refractivity contribution in [2.45, 2.75) is 25.3 Å². The number of hydrazone groups is 1. The Morgan fingerprint density at radius 2 is 2.30 bits per heavy atom. The number of benzene rings is 1. The second kappa shape index (κ2) is 7.14. The Morgan fingerprint density at radius 1 is 1.50 bits per heavy atom. The lowest BCUT2D eigenvalue weighted by atomic mass is 10.1. The molecule has 6 heteroatoms. The van der Waals surface area contributed by atoms with Crippen LogP contribution >= 0.6 is 0 Å². The van der Waals surface area contributed by atoms with E-state index in [1.807, 2.05) is 24.3 Å². The number of carbonyl (C=O) groups is 1. The van der Waals surface area contributed by atoms with Crippen LogP contribution in [0.2, 0.25) is 0 Å². The molecule has 2 rings (SSSR count). The average Bonchev–Trinajstić information content (AvgIpc) is 2.86. The molecule has 1 aliphatic heterocycles. The zero-order valence-electron chi connectivity index (χ0n) is 11.0. The van der Waals surface area contributed by atoms with Gasteiger partial charge in [0.2, 0.25) is 0 Å². The fourth-order valence-corrected chi connectivity index (χ4v) is 1.85. The van der Waals surface area contributed by atoms with Crippen LogP contribution in [0.15, 0.2) is 29.4 Å². The molecule has 6 nitrogen and oxygen atoms in total. The summed E-state index contributed by atoms with van der Waals surface area (Å²) in [6.07, 6.45) is 3.20. The van der Waals surface area contributed by atoms with Gasteiger partial charge in [-0.2, -0.15) is 10.4 Å². The second-order valence-electron chi connectivity index (χ2n) is 4.46. The molecule has 0 aliphatic carbocycles. The van der Waals surface area contributed by atoms with Crippen LogP contribution in [0.5, 0.6) is 0 Å². The van der Waals surface area contributed by atoms with Crippen LogP contribution in [0.3, 0.4) is 0 Å². The van der Waals surface area contributed by atoms with E-state index in [1.54, 1.807) is 6.21 Å². The van der Waals surface area contributed by atoms with Crippen LogP contribution in [-0.2, 0) is 11.2 Å². The van der Waals surface area contributed by atoms with Crippen molar-refractivity contribution in [3.63, 3.8) is 0 Å². The summed E-state index contributed by atoms with van der Waals surface area (Å²) in [6, 6.07) is 9.92. The first kappa shape index (κ1) is 13.9. The molecule has 0 bridgehead atoms. The fraction of sp³-hybridized carbons (Fsp3) is 0.357. The van der Waals surface area contributed by atoms with Gasteiger partial charge in [0.1, 0.15) is 6.61 Å². The Balaban J connectivity index is 1.79. The van der Waals surface area contributed by atoms with Gasteiger partial charge in [-0.15, -0.1) is 0 Å². The Kier molecular flexibility index (Phi) is 4.95. The third kappa shape index (κ3) is 4.28. The van der Waals surface area contributed by atoms with Crippen molar-refractivity contribution >= 4 is 18.0 Å². The molecular formula is C14H16N4O2. The number of cyclic esters (lactones) is 1. The maximum absolute atomic E-state index is 10.9. The molecule has 20 heavy (non-hydrogen) atoms. The predicted octanol–water partition coefficient (Wildman–Crippen LogP) is 2.04. The van der Waals surface area contributed by atoms with Gasteiger partial charge in [-0.05, 0) is 30.5 Å². The lowest BCUT2D eigenvalue weighted by Gasteiger charge is -2.07. The highest BCUT2D eigenvalue weighted by Crippen LogP contribution is 2.12. The van der Waals surface area contributed by atoms with E-state index in [0.717, 1.165) is 17.7 Å². The fourth-order valence-electron chi connectivity index (χ4n) is 1.85. The van der Waals surface area contributed by atoms with Gasteiger partial charge in [-0.25, -0.2) is 4.79 Å². The Labute approximate surface area is 117 Å². The number of ether oxygens (including phenoxy) is 1. The van der Waals surface area contributed by atoms with Crippen molar-refractivity contribution in [2.24, 2.45) is 5.10 Å². The number of carbonyl (C=O) groups excluding carboxylic acids is 1. The third-order valence-corrected chi connectivity index (χ3v) is 2.84. The highest BCUT2D eigenvalue weighted by molar-refractivity contribution is 5.69. The molecule has 104 valence electrons. The van der Waals surface area contributed by atoms with E-state index in [-0.39, 0.29) is 12.1 Å². The number of anilines is 1. The van der Waals surface area contributed by atoms with Crippen molar-refractivity contribution in [2.75, 3.05) is 12.0 Å². The summed E-state index contributed by atoms with van der Waals surface area (Å²) in [5, 5.41) is 15.1. The average molecular weight is 272 g/mol. The first-order valence-corrected chi connectivity index (χ1v) is 6.44. The molecule has 1 atom stereocenters. The monoisotopic (exact) mass is 272 g/mol. The Morgan fingerprint density at radius 3 is 2.95 bits per heavy atom. The maximum Gasteiger partial charge on any atom is 0.407 e. The highest BCUT2D eigenvalue weighted by atomic mass is 16.6. The molecular weight excluding hydrogens is 256 g/mol. The summed E-state index contributed by atoms with van der Waals surface area (Å²) in [6.45, 7) is 0.419. The first-order chi connectivity index (χ1) is 9.78. The maximum atomic E-state index is 10.9. The molecule has 0 unspecified atom stereocenters. The van der Waals surface area contributed by atoms with Crippen LogP contribution in [0.1, 0.15) is 18.4 Å². The van der Waals surface area contributed by atoms with E-state index in [4.69, 9.17) is 10.00 Å². The summed E-state index contributed by atoms with van der Waals surface area (Å²) < 4.78 is 4.84. The quantitative estimate of drug-likeness (QED) is 0.471. The summed E-state index contributed by atoms with van der Waals surface area (Å²) in [4.78, 5) is 10.9. The third-order valence-electron chi connectivity index (χ3n) is 2.84. The van der Waals surface area contributed by atoms with Gasteiger partial charge in [0, 0.05) is 12.6 Å². The van der Waals surface area contributed by atoms with Gasteiger partial charge in [-0.1, -0.05) is 12.1 Å². The minimum atomic E-state index is -0.347. The summed E-state index contributed by atoms with van der Waals surface area (Å²) >= 11 is 0. The molecule has 2 N–H and O–H groups in total. The van der Waals surface area contributed by atoms with Crippen molar-refractivity contribution in [1.82, 2.24) is 5.32 Å². The molecule has 0 radical (unpaired) electrons. The van der Waals surface area contributed by atoms with Crippen LogP contribution in [0.25, 0.3) is 0 Å². The van der Waals surface area contributed by atoms with Gasteiger partial charge in [0.05, 0.1) is 17.8 Å². The lowest BCUT2D eigenvalue weighted by Crippen LogP contribution is -2.28. The second-order valence-corrected chi connectivity index (χ2v) is 4.46. The number of hydrogen-bond donors (Lipinski definition) is 2. The van der Waals surface area contributed by atoms with E-state index in [2.05, 4.69) is 21.9 Å². The SMILES string of the molecule is N#CCC/C=N\Nc1ccc(C[C@H]2COC(=O)N2)cc1. The molecule has 1 saturated heterocycles. The van der Waals surface area contributed by atoms with Crippen LogP contribution in [0, 0.1) is 11.3 Å². The molecule has 1 fully saturated rings. The summed E-state index contributed by atoms with van der Waals surface area (Å²) in [7, 11) is 0. The van der Waals surface area contributed by atoms with E-state index in [0.29, 0.717) is 19.4 Å². The minimum absolute atomic E-state index is 0.0466. The van der Waals surface area contributed by atoms with Crippen LogP contribution in [-0.4, -0.2) is 25.0 Å². The summed E-state index contributed by atoms with van der Waals surface area (Å²) in [5.41, 5.74) is 4.90. The molecule has 0 aromatic heterocycles. The van der Waals surface area contributed by atoms with Crippen molar-refractivity contribution in [1.29, 1.82) is 5.26 Å². The number of unbranched alkanes of at least 4 members (excludes halogenated alkanes) is 1. The largest absolute Gasteiger partial charge is 0.447 e. The predicted molar refractivity (Wildman–Crippen MR) is 75.4 cm³/mol. The standard InChI is InChI=1S/C14H16N4O2/c15-7-1-2-8-16-18-12-5-3-11(4-6-12)9-13-10-20-14(19)17-13/h3-6,8,13,18H,1-2,9-10H2,(H,17,19)/b16-8-/t13-/m0/s1. The lowest BCUT2D eigenvalue weighted by molar-refractivity contribution is 0.177. The zero-order chi connectivity index (χ0) is 14.2. The molecule has 1 aromatic carbocycles. The van der Waals surface area contributed by atoms with E-state index >= 15 is 0 Å². The van der Waals surface area contributed by atoms with E-state index in [1.165, 1.54) is 0 Å².